The molecule has 0 aliphatic rings. The zero-order chi connectivity index (χ0) is 9.56. The van der Waals surface area contributed by atoms with Crippen LogP contribution in [0.15, 0.2) is 0 Å². The number of nitrogens with two attached hydrogens (primary N) is 1. The van der Waals surface area contributed by atoms with E-state index < -0.39 is 0 Å². The fourth-order valence-electron chi connectivity index (χ4n) is 1.00. The number of carbonyl (C=O) groups excluding carboxylic acids is 1. The molecule has 0 aromatic rings. The first-order valence-corrected chi connectivity index (χ1v) is 4.27. The van der Waals surface area contributed by atoms with Gasteiger partial charge in [0.05, 0.1) is 0 Å². The van der Waals surface area contributed by atoms with Gasteiger partial charge in [0.25, 0.3) is 0 Å². The molecule has 0 saturated carbocycles. The molecule has 0 unspecified atom stereocenters. The summed E-state index contributed by atoms with van der Waals surface area (Å²) >= 11 is 0. The number of urea groups is 1. The van der Waals surface area contributed by atoms with Gasteiger partial charge in [0.2, 0.25) is 0 Å². The summed E-state index contributed by atoms with van der Waals surface area (Å²) in [7, 11) is 4.03. The predicted molar refractivity (Wildman–Crippen MR) is 57.2 cm³/mol. The number of halogens is 1. The van der Waals surface area contributed by atoms with Gasteiger partial charge in [0, 0.05) is 13.1 Å². The Labute approximate surface area is 86.5 Å². The van der Waals surface area contributed by atoms with Crippen molar-refractivity contribution in [3.05, 3.63) is 0 Å². The minimum atomic E-state index is -0.323. The Morgan fingerprint density at radius 3 is 2.15 bits per heavy atom. The number of hydrogen-bond acceptors (Lipinski definition) is 2. The molecule has 13 heavy (non-hydrogen) atoms. The summed E-state index contributed by atoms with van der Waals surface area (Å²) in [6, 6.07) is -0.323. The van der Waals surface area contributed by atoms with E-state index in [2.05, 4.69) is 4.90 Å². The highest BCUT2D eigenvalue weighted by Crippen LogP contribution is 1.91. The third-order valence-corrected chi connectivity index (χ3v) is 1.73. The zero-order valence-electron chi connectivity index (χ0n) is 8.62. The Morgan fingerprint density at radius 2 is 1.85 bits per heavy atom. The number of hydrogen-bond donors (Lipinski definition) is 1. The van der Waals surface area contributed by atoms with Crippen molar-refractivity contribution < 1.29 is 4.79 Å². The summed E-state index contributed by atoms with van der Waals surface area (Å²) in [6.07, 6.45) is 0.976. The van der Waals surface area contributed by atoms with Crippen molar-refractivity contribution >= 4 is 18.4 Å². The van der Waals surface area contributed by atoms with Gasteiger partial charge in [-0.1, -0.05) is 0 Å². The van der Waals surface area contributed by atoms with E-state index in [1.165, 1.54) is 0 Å². The van der Waals surface area contributed by atoms with Gasteiger partial charge in [0.1, 0.15) is 0 Å². The van der Waals surface area contributed by atoms with Crippen LogP contribution >= 0.6 is 12.4 Å². The maximum absolute atomic E-state index is 10.7. The quantitative estimate of drug-likeness (QED) is 0.727. The van der Waals surface area contributed by atoms with Crippen molar-refractivity contribution in [2.45, 2.75) is 13.3 Å². The van der Waals surface area contributed by atoms with Crippen LogP contribution in [-0.2, 0) is 0 Å². The van der Waals surface area contributed by atoms with Crippen molar-refractivity contribution in [1.29, 1.82) is 0 Å². The van der Waals surface area contributed by atoms with Crippen molar-refractivity contribution in [1.82, 2.24) is 9.80 Å². The number of amides is 2. The van der Waals surface area contributed by atoms with Crippen molar-refractivity contribution in [3.8, 4) is 0 Å². The first-order chi connectivity index (χ1) is 5.57. The van der Waals surface area contributed by atoms with Gasteiger partial charge in [-0.2, -0.15) is 0 Å². The molecule has 80 valence electrons. The minimum Gasteiger partial charge on any atom is -0.351 e. The van der Waals surface area contributed by atoms with E-state index in [0.717, 1.165) is 19.5 Å². The molecule has 0 heterocycles. The molecule has 0 fully saturated rings. The van der Waals surface area contributed by atoms with Crippen molar-refractivity contribution in [3.63, 3.8) is 0 Å². The van der Waals surface area contributed by atoms with Crippen LogP contribution in [0.4, 0.5) is 4.79 Å². The average molecular weight is 210 g/mol. The molecule has 0 spiro atoms. The standard InChI is InChI=1S/C8H19N3O.ClH/c1-4-11(8(9)12)7-5-6-10(2)3;/h4-7H2,1-3H3,(H2,9,12);1H. The summed E-state index contributed by atoms with van der Waals surface area (Å²) < 4.78 is 0. The van der Waals surface area contributed by atoms with Gasteiger partial charge in [-0.25, -0.2) is 4.79 Å². The van der Waals surface area contributed by atoms with Crippen LogP contribution in [0, 0.1) is 0 Å². The second kappa shape index (κ2) is 8.13. The predicted octanol–water partition coefficient (Wildman–Crippen LogP) is 0.760. The van der Waals surface area contributed by atoms with Crippen LogP contribution in [0.2, 0.25) is 0 Å². The normalized spacial score (nSPS) is 9.54. The Hall–Kier alpha value is -0.480. The fourth-order valence-corrected chi connectivity index (χ4v) is 1.00. The SMILES string of the molecule is CCN(CCCN(C)C)C(N)=O.Cl. The number of carbonyl (C=O) groups is 1. The third kappa shape index (κ3) is 7.87. The minimum absolute atomic E-state index is 0. The number of rotatable bonds is 5. The Morgan fingerprint density at radius 1 is 1.31 bits per heavy atom. The van der Waals surface area contributed by atoms with E-state index in [9.17, 15) is 4.79 Å². The number of nitrogens with zero attached hydrogens (tertiary/aromatic N) is 2. The smallest absolute Gasteiger partial charge is 0.314 e. The molecule has 2 N–H and O–H groups in total. The molecular weight excluding hydrogens is 190 g/mol. The lowest BCUT2D eigenvalue weighted by Gasteiger charge is -2.19. The van der Waals surface area contributed by atoms with Gasteiger partial charge in [-0.05, 0) is 34.0 Å². The third-order valence-electron chi connectivity index (χ3n) is 1.73. The van der Waals surface area contributed by atoms with E-state index in [0.29, 0.717) is 6.54 Å². The van der Waals surface area contributed by atoms with Gasteiger partial charge in [-0.15, -0.1) is 12.4 Å². The van der Waals surface area contributed by atoms with Crippen LogP contribution in [0.1, 0.15) is 13.3 Å². The molecular formula is C8H20ClN3O. The van der Waals surface area contributed by atoms with E-state index in [4.69, 9.17) is 5.73 Å². The summed E-state index contributed by atoms with van der Waals surface area (Å²) in [5.41, 5.74) is 5.14. The summed E-state index contributed by atoms with van der Waals surface area (Å²) in [4.78, 5) is 14.5. The summed E-state index contributed by atoms with van der Waals surface area (Å²) in [6.45, 7) is 4.37. The molecule has 4 nitrogen and oxygen atoms in total. The van der Waals surface area contributed by atoms with Crippen LogP contribution in [0.5, 0.6) is 0 Å². The second-order valence-corrected chi connectivity index (χ2v) is 3.07. The van der Waals surface area contributed by atoms with Gasteiger partial charge in [-0.3, -0.25) is 0 Å². The average Bonchev–Trinajstić information content (AvgIpc) is 1.96. The second-order valence-electron chi connectivity index (χ2n) is 3.07. The summed E-state index contributed by atoms with van der Waals surface area (Å²) in [5.74, 6) is 0. The molecule has 0 aromatic carbocycles. The van der Waals surface area contributed by atoms with Gasteiger partial charge in [0.15, 0.2) is 0 Å². The van der Waals surface area contributed by atoms with Gasteiger partial charge >= 0.3 is 6.03 Å². The molecule has 0 rings (SSSR count). The fraction of sp³-hybridized carbons (Fsp3) is 0.875. The molecule has 0 bridgehead atoms. The zero-order valence-corrected chi connectivity index (χ0v) is 9.43. The number of primary amides is 1. The van der Waals surface area contributed by atoms with E-state index in [1.54, 1.807) is 4.90 Å². The Bertz CT molecular complexity index is 141. The monoisotopic (exact) mass is 209 g/mol. The topological polar surface area (TPSA) is 49.6 Å². The lowest BCUT2D eigenvalue weighted by Crippen LogP contribution is -2.37. The first-order valence-electron chi connectivity index (χ1n) is 4.27. The van der Waals surface area contributed by atoms with E-state index in [1.807, 2.05) is 21.0 Å². The van der Waals surface area contributed by atoms with E-state index >= 15 is 0 Å². The Balaban J connectivity index is 0. The highest BCUT2D eigenvalue weighted by molar-refractivity contribution is 5.85. The van der Waals surface area contributed by atoms with Crippen molar-refractivity contribution in [2.75, 3.05) is 33.7 Å². The Kier molecular flexibility index (Phi) is 9.39. The summed E-state index contributed by atoms with van der Waals surface area (Å²) in [5, 5.41) is 0. The van der Waals surface area contributed by atoms with Crippen LogP contribution in [0.3, 0.4) is 0 Å². The molecule has 5 heteroatoms. The first kappa shape index (κ1) is 15.0. The molecule has 0 aliphatic heterocycles. The van der Waals surface area contributed by atoms with Gasteiger partial charge < -0.3 is 15.5 Å². The molecule has 0 saturated heterocycles. The van der Waals surface area contributed by atoms with E-state index in [-0.39, 0.29) is 18.4 Å². The maximum Gasteiger partial charge on any atom is 0.314 e. The molecule has 0 radical (unpaired) electrons. The lowest BCUT2D eigenvalue weighted by molar-refractivity contribution is 0.207. The largest absolute Gasteiger partial charge is 0.351 e. The molecule has 0 atom stereocenters. The van der Waals surface area contributed by atoms with Crippen molar-refractivity contribution in [2.24, 2.45) is 5.73 Å². The molecule has 0 aromatic heterocycles. The van der Waals surface area contributed by atoms with Crippen LogP contribution in [0.25, 0.3) is 0 Å². The highest BCUT2D eigenvalue weighted by atomic mass is 35.5. The van der Waals surface area contributed by atoms with Crippen LogP contribution in [-0.4, -0.2) is 49.6 Å². The maximum atomic E-state index is 10.7. The lowest BCUT2D eigenvalue weighted by atomic mass is 10.3. The molecule has 0 aliphatic carbocycles. The van der Waals surface area contributed by atoms with Crippen LogP contribution < -0.4 is 5.73 Å². The molecule has 2 amide bonds. The highest BCUT2D eigenvalue weighted by Gasteiger charge is 2.05.